The van der Waals surface area contributed by atoms with Gasteiger partial charge in [-0.3, -0.25) is 9.89 Å². The van der Waals surface area contributed by atoms with Crippen molar-refractivity contribution in [3.05, 3.63) is 82.9 Å². The molecule has 0 unspecified atom stereocenters. The summed E-state index contributed by atoms with van der Waals surface area (Å²) >= 11 is 0. The van der Waals surface area contributed by atoms with E-state index in [4.69, 9.17) is 4.74 Å². The van der Waals surface area contributed by atoms with Crippen LogP contribution in [0.5, 0.6) is 5.75 Å². The fraction of sp³-hybridized carbons (Fsp3) is 0.276. The van der Waals surface area contributed by atoms with E-state index < -0.39 is 15.7 Å². The van der Waals surface area contributed by atoms with Crippen molar-refractivity contribution in [2.75, 3.05) is 18.9 Å². The van der Waals surface area contributed by atoms with Crippen LogP contribution in [0.3, 0.4) is 0 Å². The van der Waals surface area contributed by atoms with Gasteiger partial charge in [0.1, 0.15) is 28.9 Å². The summed E-state index contributed by atoms with van der Waals surface area (Å²) in [4.78, 5) is 19.2. The Morgan fingerprint density at radius 1 is 1.05 bits per heavy atom. The third kappa shape index (κ3) is 5.16. The molecule has 8 nitrogen and oxygen atoms in total. The molecule has 1 aliphatic rings. The van der Waals surface area contributed by atoms with Crippen molar-refractivity contribution in [2.24, 2.45) is 0 Å². The van der Waals surface area contributed by atoms with Crippen molar-refractivity contribution < 1.29 is 22.3 Å². The SMILES string of the molecule is CCc1c(C(=O)N2CCOc3ccc(-c4ccc(-c5n[nH]c(C)n5)cc4)cc3C2)ccc(S(=O)(=O)CC)c1F. The lowest BCUT2D eigenvalue weighted by molar-refractivity contribution is 0.0731. The maximum atomic E-state index is 15.3. The van der Waals surface area contributed by atoms with E-state index in [0.717, 1.165) is 28.1 Å². The number of nitrogens with one attached hydrogen (secondary N) is 1. The minimum absolute atomic E-state index is 0.107. The van der Waals surface area contributed by atoms with E-state index in [1.165, 1.54) is 19.1 Å². The first-order chi connectivity index (χ1) is 18.7. The molecule has 0 radical (unpaired) electrons. The highest BCUT2D eigenvalue weighted by Crippen LogP contribution is 2.32. The second-order valence-electron chi connectivity index (χ2n) is 9.38. The molecule has 3 aromatic carbocycles. The molecule has 0 spiro atoms. The Hall–Kier alpha value is -4.05. The van der Waals surface area contributed by atoms with Gasteiger partial charge in [0.2, 0.25) is 0 Å². The van der Waals surface area contributed by atoms with Crippen LogP contribution in [0.15, 0.2) is 59.5 Å². The number of rotatable bonds is 6. The molecule has 1 N–H and O–H groups in total. The zero-order valence-electron chi connectivity index (χ0n) is 22.0. The van der Waals surface area contributed by atoms with Crippen LogP contribution in [-0.4, -0.2) is 53.3 Å². The molecule has 0 bridgehead atoms. The van der Waals surface area contributed by atoms with E-state index in [1.807, 2.05) is 49.4 Å². The van der Waals surface area contributed by atoms with Gasteiger partial charge in [-0.1, -0.05) is 44.2 Å². The number of sulfone groups is 1. The van der Waals surface area contributed by atoms with Crippen LogP contribution in [0.1, 0.15) is 41.2 Å². The Morgan fingerprint density at radius 2 is 1.77 bits per heavy atom. The number of halogens is 1. The summed E-state index contributed by atoms with van der Waals surface area (Å²) in [5.41, 5.74) is 3.95. The number of carbonyl (C=O) groups excluding carboxylic acids is 1. The second kappa shape index (κ2) is 10.6. The quantitative estimate of drug-likeness (QED) is 0.365. The summed E-state index contributed by atoms with van der Waals surface area (Å²) in [6, 6.07) is 16.4. The number of hydrogen-bond donors (Lipinski definition) is 1. The molecule has 1 amide bonds. The average molecular weight is 549 g/mol. The van der Waals surface area contributed by atoms with E-state index in [0.29, 0.717) is 18.1 Å². The highest BCUT2D eigenvalue weighted by atomic mass is 32.2. The normalized spacial score (nSPS) is 13.5. The first-order valence-corrected chi connectivity index (χ1v) is 14.5. The Kier molecular flexibility index (Phi) is 7.22. The standard InChI is InChI=1S/C29H29FN4O4S/c1-4-23-24(11-13-26(27(23)30)39(36,37)5-2)29(35)34-14-15-38-25-12-10-21(16-22(25)17-34)19-6-8-20(9-7-19)28-31-18(3)32-33-28/h6-13,16H,4-5,14-15,17H2,1-3H3,(H,31,32,33). The topological polar surface area (TPSA) is 105 Å². The van der Waals surface area contributed by atoms with Crippen LogP contribution in [-0.2, 0) is 22.8 Å². The van der Waals surface area contributed by atoms with Gasteiger partial charge in [-0.25, -0.2) is 17.8 Å². The largest absolute Gasteiger partial charge is 0.491 e. The molecule has 10 heteroatoms. The molecular formula is C29H29FN4O4S. The number of ether oxygens (including phenoxy) is 1. The van der Waals surface area contributed by atoms with Gasteiger partial charge in [0, 0.05) is 28.8 Å². The summed E-state index contributed by atoms with van der Waals surface area (Å²) in [7, 11) is -3.75. The van der Waals surface area contributed by atoms with Crippen molar-refractivity contribution in [1.82, 2.24) is 20.1 Å². The van der Waals surface area contributed by atoms with Gasteiger partial charge in [0.15, 0.2) is 15.7 Å². The molecule has 2 heterocycles. The Balaban J connectivity index is 1.43. The molecule has 202 valence electrons. The summed E-state index contributed by atoms with van der Waals surface area (Å²) in [5.74, 6) is 0.641. The molecular weight excluding hydrogens is 519 g/mol. The van der Waals surface area contributed by atoms with E-state index in [9.17, 15) is 13.2 Å². The van der Waals surface area contributed by atoms with E-state index in [1.54, 1.807) is 11.8 Å². The number of carbonyl (C=O) groups is 1. The molecule has 5 rings (SSSR count). The molecule has 0 fully saturated rings. The number of hydrogen-bond acceptors (Lipinski definition) is 6. The molecule has 4 aromatic rings. The van der Waals surface area contributed by atoms with Crippen LogP contribution >= 0.6 is 0 Å². The van der Waals surface area contributed by atoms with Crippen LogP contribution in [0.25, 0.3) is 22.5 Å². The van der Waals surface area contributed by atoms with Gasteiger partial charge in [-0.05, 0) is 48.7 Å². The first kappa shape index (κ1) is 26.6. The second-order valence-corrected chi connectivity index (χ2v) is 11.6. The zero-order valence-corrected chi connectivity index (χ0v) is 22.8. The van der Waals surface area contributed by atoms with E-state index in [2.05, 4.69) is 15.2 Å². The van der Waals surface area contributed by atoms with Crippen molar-refractivity contribution in [1.29, 1.82) is 0 Å². The predicted octanol–water partition coefficient (Wildman–Crippen LogP) is 4.98. The number of aromatic amines is 1. The number of nitrogens with zero attached hydrogens (tertiary/aromatic N) is 3. The lowest BCUT2D eigenvalue weighted by atomic mass is 10.00. The molecule has 1 aromatic heterocycles. The number of amides is 1. The minimum atomic E-state index is -3.75. The van der Waals surface area contributed by atoms with Gasteiger partial charge in [0.25, 0.3) is 5.91 Å². The van der Waals surface area contributed by atoms with Crippen molar-refractivity contribution >= 4 is 15.7 Å². The zero-order chi connectivity index (χ0) is 27.7. The highest BCUT2D eigenvalue weighted by Gasteiger charge is 2.27. The number of benzene rings is 3. The molecule has 0 aliphatic carbocycles. The maximum absolute atomic E-state index is 15.3. The summed E-state index contributed by atoms with van der Waals surface area (Å²) in [5, 5.41) is 7.05. The molecule has 1 aliphatic heterocycles. The number of fused-ring (bicyclic) bond motifs is 1. The Morgan fingerprint density at radius 3 is 2.44 bits per heavy atom. The smallest absolute Gasteiger partial charge is 0.254 e. The van der Waals surface area contributed by atoms with Crippen molar-refractivity contribution in [3.63, 3.8) is 0 Å². The third-order valence-electron chi connectivity index (χ3n) is 6.91. The predicted molar refractivity (Wildman–Crippen MR) is 146 cm³/mol. The Labute approximate surface area is 226 Å². The van der Waals surface area contributed by atoms with Gasteiger partial charge in [0.05, 0.1) is 12.3 Å². The van der Waals surface area contributed by atoms with Crippen molar-refractivity contribution in [3.8, 4) is 28.3 Å². The van der Waals surface area contributed by atoms with Crippen molar-refractivity contribution in [2.45, 2.75) is 38.6 Å². The van der Waals surface area contributed by atoms with E-state index >= 15 is 4.39 Å². The molecule has 0 atom stereocenters. The number of H-pyrrole nitrogens is 1. The fourth-order valence-corrected chi connectivity index (χ4v) is 5.73. The maximum Gasteiger partial charge on any atom is 0.254 e. The average Bonchev–Trinajstić information content (AvgIpc) is 3.26. The highest BCUT2D eigenvalue weighted by molar-refractivity contribution is 7.91. The van der Waals surface area contributed by atoms with Gasteiger partial charge < -0.3 is 9.64 Å². The summed E-state index contributed by atoms with van der Waals surface area (Å²) in [6.45, 7) is 5.90. The third-order valence-corrected chi connectivity index (χ3v) is 8.65. The van der Waals surface area contributed by atoms with Crippen LogP contribution < -0.4 is 4.74 Å². The van der Waals surface area contributed by atoms with Crippen LogP contribution in [0, 0.1) is 12.7 Å². The summed E-state index contributed by atoms with van der Waals surface area (Å²) < 4.78 is 45.9. The molecule has 0 saturated heterocycles. The molecule has 0 saturated carbocycles. The fourth-order valence-electron chi connectivity index (χ4n) is 4.74. The van der Waals surface area contributed by atoms with Gasteiger partial charge in [-0.2, -0.15) is 5.10 Å². The van der Waals surface area contributed by atoms with Crippen LogP contribution in [0.2, 0.25) is 0 Å². The van der Waals surface area contributed by atoms with E-state index in [-0.39, 0.29) is 47.3 Å². The summed E-state index contributed by atoms with van der Waals surface area (Å²) in [6.07, 6.45) is 0.189. The van der Waals surface area contributed by atoms with Crippen LogP contribution in [0.4, 0.5) is 4.39 Å². The lowest BCUT2D eigenvalue weighted by Gasteiger charge is -2.22. The first-order valence-electron chi connectivity index (χ1n) is 12.8. The van der Waals surface area contributed by atoms with Gasteiger partial charge in [-0.15, -0.1) is 0 Å². The number of aromatic nitrogens is 3. The number of aryl methyl sites for hydroxylation is 1. The minimum Gasteiger partial charge on any atom is -0.491 e. The van der Waals surface area contributed by atoms with Gasteiger partial charge >= 0.3 is 0 Å². The Bertz CT molecular complexity index is 1650. The monoisotopic (exact) mass is 548 g/mol. The lowest BCUT2D eigenvalue weighted by Crippen LogP contribution is -2.33. The molecule has 39 heavy (non-hydrogen) atoms.